The first-order valence-corrected chi connectivity index (χ1v) is 11.2. The summed E-state index contributed by atoms with van der Waals surface area (Å²) < 4.78 is 5.66. The number of nitrogens with one attached hydrogen (secondary N) is 3. The van der Waals surface area contributed by atoms with Crippen LogP contribution in [0, 0.1) is 13.8 Å². The number of benzene rings is 3. The van der Waals surface area contributed by atoms with Gasteiger partial charge in [-0.1, -0.05) is 55.5 Å². The van der Waals surface area contributed by atoms with Crippen molar-refractivity contribution in [3.05, 3.63) is 89.0 Å². The number of aryl methyl sites for hydroxylation is 3. The van der Waals surface area contributed by atoms with Gasteiger partial charge in [-0.15, -0.1) is 0 Å². The van der Waals surface area contributed by atoms with Crippen molar-refractivity contribution < 1.29 is 19.1 Å². The van der Waals surface area contributed by atoms with E-state index in [1.807, 2.05) is 63.2 Å². The van der Waals surface area contributed by atoms with Crippen molar-refractivity contribution in [2.45, 2.75) is 27.2 Å². The molecular formula is C27H28N4O4. The van der Waals surface area contributed by atoms with E-state index in [1.54, 1.807) is 24.3 Å². The number of ether oxygens (including phenoxy) is 1. The van der Waals surface area contributed by atoms with Gasteiger partial charge in [0.1, 0.15) is 5.75 Å². The molecule has 8 heteroatoms. The molecule has 3 N–H and O–H groups in total. The first-order chi connectivity index (χ1) is 16.9. The molecule has 0 atom stereocenters. The fraction of sp³-hybridized carbons (Fsp3) is 0.185. The van der Waals surface area contributed by atoms with E-state index in [4.69, 9.17) is 4.74 Å². The molecule has 0 spiro atoms. The van der Waals surface area contributed by atoms with Crippen LogP contribution in [0.5, 0.6) is 5.75 Å². The van der Waals surface area contributed by atoms with E-state index < -0.39 is 11.8 Å². The van der Waals surface area contributed by atoms with E-state index in [2.05, 4.69) is 21.2 Å². The molecule has 3 amide bonds. The van der Waals surface area contributed by atoms with Crippen LogP contribution in [-0.4, -0.2) is 30.5 Å². The van der Waals surface area contributed by atoms with Crippen LogP contribution in [0.4, 0.5) is 11.4 Å². The van der Waals surface area contributed by atoms with Crippen molar-refractivity contribution in [2.24, 2.45) is 5.10 Å². The highest BCUT2D eigenvalue weighted by Gasteiger charge is 2.15. The second kappa shape index (κ2) is 12.1. The van der Waals surface area contributed by atoms with E-state index in [0.717, 1.165) is 28.8 Å². The lowest BCUT2D eigenvalue weighted by Gasteiger charge is -2.12. The standard InChI is InChI=1S/C27H28N4O4/c1-4-20-12-5-7-14-22(20)29-24(32)17-35-23-15-8-6-13-21(23)16-28-31-27(34)26(33)30-25-18(2)10-9-11-19(25)3/h5-16H,4,17H2,1-3H3,(H,29,32)(H,30,33)(H,31,34)/b28-16-. The van der Waals surface area contributed by atoms with Crippen LogP contribution in [0.2, 0.25) is 0 Å². The van der Waals surface area contributed by atoms with Gasteiger partial charge >= 0.3 is 11.8 Å². The van der Waals surface area contributed by atoms with E-state index in [0.29, 0.717) is 17.0 Å². The fourth-order valence-electron chi connectivity index (χ4n) is 3.39. The Balaban J connectivity index is 1.56. The first kappa shape index (κ1) is 25.2. The minimum Gasteiger partial charge on any atom is -0.483 e. The Hall–Kier alpha value is -4.46. The van der Waals surface area contributed by atoms with Crippen molar-refractivity contribution in [1.29, 1.82) is 0 Å². The van der Waals surface area contributed by atoms with E-state index in [1.165, 1.54) is 6.21 Å². The third-order valence-electron chi connectivity index (χ3n) is 5.25. The quantitative estimate of drug-likeness (QED) is 0.262. The highest BCUT2D eigenvalue weighted by molar-refractivity contribution is 6.39. The van der Waals surface area contributed by atoms with Gasteiger partial charge in [0.05, 0.1) is 6.21 Å². The van der Waals surface area contributed by atoms with Gasteiger partial charge in [-0.05, 0) is 55.2 Å². The summed E-state index contributed by atoms with van der Waals surface area (Å²) >= 11 is 0. The number of anilines is 2. The maximum absolute atomic E-state index is 12.4. The Morgan fingerprint density at radius 1 is 0.857 bits per heavy atom. The molecule has 35 heavy (non-hydrogen) atoms. The van der Waals surface area contributed by atoms with Gasteiger partial charge in [0.15, 0.2) is 6.61 Å². The molecule has 0 bridgehead atoms. The molecule has 0 aliphatic rings. The molecule has 0 radical (unpaired) electrons. The number of hydrazone groups is 1. The van der Waals surface area contributed by atoms with Crippen LogP contribution < -0.4 is 20.8 Å². The Bertz CT molecular complexity index is 1230. The number of carbonyl (C=O) groups excluding carboxylic acids is 3. The highest BCUT2D eigenvalue weighted by Crippen LogP contribution is 2.19. The summed E-state index contributed by atoms with van der Waals surface area (Å²) in [6.07, 6.45) is 2.15. The third kappa shape index (κ3) is 7.01. The maximum atomic E-state index is 12.4. The zero-order valence-corrected chi connectivity index (χ0v) is 19.9. The Kier molecular flexibility index (Phi) is 8.72. The SMILES string of the molecule is CCc1ccccc1NC(=O)COc1ccccc1/C=N\NC(=O)C(=O)Nc1c(C)cccc1C. The van der Waals surface area contributed by atoms with E-state index in [9.17, 15) is 14.4 Å². The zero-order valence-electron chi connectivity index (χ0n) is 19.9. The number of nitrogens with zero attached hydrogens (tertiary/aromatic N) is 1. The Morgan fingerprint density at radius 2 is 1.54 bits per heavy atom. The first-order valence-electron chi connectivity index (χ1n) is 11.2. The zero-order chi connectivity index (χ0) is 25.2. The fourth-order valence-corrected chi connectivity index (χ4v) is 3.39. The van der Waals surface area contributed by atoms with Crippen molar-refractivity contribution in [3.63, 3.8) is 0 Å². The summed E-state index contributed by atoms with van der Waals surface area (Å²) in [5.74, 6) is -1.62. The summed E-state index contributed by atoms with van der Waals surface area (Å²) in [4.78, 5) is 36.8. The molecule has 3 aromatic carbocycles. The van der Waals surface area contributed by atoms with Gasteiger partial charge in [0.25, 0.3) is 5.91 Å². The average molecular weight is 473 g/mol. The maximum Gasteiger partial charge on any atom is 0.329 e. The number of carbonyl (C=O) groups is 3. The van der Waals surface area contributed by atoms with Crippen molar-refractivity contribution in [1.82, 2.24) is 5.43 Å². The molecule has 0 unspecified atom stereocenters. The predicted molar refractivity (Wildman–Crippen MR) is 137 cm³/mol. The minimum atomic E-state index is -0.906. The molecule has 180 valence electrons. The number of hydrogen-bond donors (Lipinski definition) is 3. The second-order valence-electron chi connectivity index (χ2n) is 7.81. The molecule has 3 aromatic rings. The highest BCUT2D eigenvalue weighted by atomic mass is 16.5. The van der Waals surface area contributed by atoms with Crippen LogP contribution in [0.25, 0.3) is 0 Å². The Morgan fingerprint density at radius 3 is 2.29 bits per heavy atom. The molecule has 0 saturated carbocycles. The molecule has 8 nitrogen and oxygen atoms in total. The van der Waals surface area contributed by atoms with Crippen LogP contribution in [-0.2, 0) is 20.8 Å². The topological polar surface area (TPSA) is 109 Å². The molecule has 0 aromatic heterocycles. The molecule has 0 heterocycles. The summed E-state index contributed by atoms with van der Waals surface area (Å²) in [7, 11) is 0. The monoisotopic (exact) mass is 472 g/mol. The summed E-state index contributed by atoms with van der Waals surface area (Å²) in [5.41, 5.74) is 6.82. The summed E-state index contributed by atoms with van der Waals surface area (Å²) in [6, 6.07) is 20.1. The average Bonchev–Trinajstić information content (AvgIpc) is 2.86. The Labute approximate surface area is 204 Å². The van der Waals surface area contributed by atoms with Crippen molar-refractivity contribution in [2.75, 3.05) is 17.2 Å². The van der Waals surface area contributed by atoms with E-state index >= 15 is 0 Å². The molecule has 0 fully saturated rings. The summed E-state index contributed by atoms with van der Waals surface area (Å²) in [5, 5.41) is 9.32. The predicted octanol–water partition coefficient (Wildman–Crippen LogP) is 3.97. The lowest BCUT2D eigenvalue weighted by Crippen LogP contribution is -2.32. The number of rotatable bonds is 8. The van der Waals surface area contributed by atoms with Crippen LogP contribution in [0.3, 0.4) is 0 Å². The van der Waals surface area contributed by atoms with Gasteiger partial charge in [-0.3, -0.25) is 14.4 Å². The van der Waals surface area contributed by atoms with Crippen LogP contribution in [0.15, 0.2) is 71.8 Å². The lowest BCUT2D eigenvalue weighted by molar-refractivity contribution is -0.136. The molecule has 0 aliphatic heterocycles. The lowest BCUT2D eigenvalue weighted by atomic mass is 10.1. The van der Waals surface area contributed by atoms with Gasteiger partial charge < -0.3 is 15.4 Å². The number of amides is 3. The van der Waals surface area contributed by atoms with Gasteiger partial charge in [-0.25, -0.2) is 5.43 Å². The number of hydrogen-bond acceptors (Lipinski definition) is 5. The van der Waals surface area contributed by atoms with Gasteiger partial charge in [0, 0.05) is 16.9 Å². The third-order valence-corrected chi connectivity index (χ3v) is 5.25. The molecule has 0 aliphatic carbocycles. The normalized spacial score (nSPS) is 10.6. The molecular weight excluding hydrogens is 444 g/mol. The summed E-state index contributed by atoms with van der Waals surface area (Å²) in [6.45, 7) is 5.51. The van der Waals surface area contributed by atoms with Gasteiger partial charge in [0.2, 0.25) is 0 Å². The smallest absolute Gasteiger partial charge is 0.329 e. The minimum absolute atomic E-state index is 0.201. The largest absolute Gasteiger partial charge is 0.483 e. The molecule has 3 rings (SSSR count). The van der Waals surface area contributed by atoms with Crippen molar-refractivity contribution in [3.8, 4) is 5.75 Å². The van der Waals surface area contributed by atoms with Crippen LogP contribution >= 0.6 is 0 Å². The van der Waals surface area contributed by atoms with E-state index in [-0.39, 0.29) is 12.5 Å². The van der Waals surface area contributed by atoms with Gasteiger partial charge in [-0.2, -0.15) is 5.10 Å². The number of para-hydroxylation sites is 3. The van der Waals surface area contributed by atoms with Crippen LogP contribution in [0.1, 0.15) is 29.2 Å². The second-order valence-corrected chi connectivity index (χ2v) is 7.81. The van der Waals surface area contributed by atoms with Crippen molar-refractivity contribution >= 4 is 35.3 Å². The molecule has 0 saturated heterocycles.